The Morgan fingerprint density at radius 3 is 2.26 bits per heavy atom. The lowest BCUT2D eigenvalue weighted by Crippen LogP contribution is -2.41. The van der Waals surface area contributed by atoms with Gasteiger partial charge in [-0.2, -0.15) is 0 Å². The van der Waals surface area contributed by atoms with Gasteiger partial charge >= 0.3 is 0 Å². The van der Waals surface area contributed by atoms with Crippen LogP contribution < -0.4 is 19.1 Å². The van der Waals surface area contributed by atoms with Gasteiger partial charge in [0.25, 0.3) is 10.0 Å². The molecule has 3 rings (SSSR count). The number of benzene rings is 3. The molecule has 7 nitrogen and oxygen atoms in total. The Morgan fingerprint density at radius 1 is 1.00 bits per heavy atom. The average Bonchev–Trinajstić information content (AvgIpc) is 2.83. The molecule has 0 spiro atoms. The topological polar surface area (TPSA) is 84.9 Å². The van der Waals surface area contributed by atoms with E-state index in [0.717, 1.165) is 15.4 Å². The molecule has 0 aliphatic carbocycles. The average molecular weight is 483 g/mol. The third-order valence-electron chi connectivity index (χ3n) is 5.31. The fourth-order valence-corrected chi connectivity index (χ4v) is 4.97. The zero-order valence-electron chi connectivity index (χ0n) is 19.8. The van der Waals surface area contributed by atoms with Crippen LogP contribution in [0.4, 0.5) is 5.69 Å². The minimum absolute atomic E-state index is 0.109. The summed E-state index contributed by atoms with van der Waals surface area (Å²) in [6.45, 7) is 5.69. The number of methoxy groups -OCH3 is 1. The van der Waals surface area contributed by atoms with Gasteiger partial charge in [-0.25, -0.2) is 8.42 Å². The molecule has 1 amide bonds. The van der Waals surface area contributed by atoms with Crippen LogP contribution in [-0.4, -0.2) is 34.6 Å². The van der Waals surface area contributed by atoms with E-state index in [1.165, 1.54) is 0 Å². The van der Waals surface area contributed by atoms with Crippen LogP contribution in [0, 0.1) is 6.92 Å². The number of para-hydroxylation sites is 1. The van der Waals surface area contributed by atoms with Crippen LogP contribution >= 0.6 is 0 Å². The van der Waals surface area contributed by atoms with Gasteiger partial charge in [0.2, 0.25) is 5.91 Å². The Bertz CT molecular complexity index is 1210. The van der Waals surface area contributed by atoms with Gasteiger partial charge in [0.05, 0.1) is 30.3 Å². The Balaban J connectivity index is 1.90. The number of rotatable bonds is 10. The third-order valence-corrected chi connectivity index (χ3v) is 7.10. The maximum Gasteiger partial charge on any atom is 0.264 e. The van der Waals surface area contributed by atoms with E-state index in [1.807, 2.05) is 45.0 Å². The highest BCUT2D eigenvalue weighted by Crippen LogP contribution is 2.27. The number of anilines is 1. The van der Waals surface area contributed by atoms with E-state index in [1.54, 1.807) is 55.6 Å². The number of hydrogen-bond acceptors (Lipinski definition) is 5. The molecular weight excluding hydrogens is 452 g/mol. The molecule has 3 aromatic rings. The smallest absolute Gasteiger partial charge is 0.264 e. The van der Waals surface area contributed by atoms with Crippen LogP contribution in [0.5, 0.6) is 11.5 Å². The molecule has 1 atom stereocenters. The van der Waals surface area contributed by atoms with Crippen molar-refractivity contribution in [2.75, 3.05) is 24.6 Å². The normalized spacial score (nSPS) is 12.0. The molecule has 0 aliphatic rings. The lowest BCUT2D eigenvalue weighted by atomic mass is 10.1. The minimum atomic E-state index is -4.00. The summed E-state index contributed by atoms with van der Waals surface area (Å²) in [6.07, 6.45) is 0. The molecule has 180 valence electrons. The van der Waals surface area contributed by atoms with Crippen molar-refractivity contribution in [3.05, 3.63) is 83.9 Å². The van der Waals surface area contributed by atoms with Gasteiger partial charge in [-0.15, -0.1) is 0 Å². The number of carbonyl (C=O) groups excluding carboxylic acids is 1. The molecule has 0 saturated heterocycles. The minimum Gasteiger partial charge on any atom is -0.496 e. The SMILES string of the molecule is CCOc1ccc(N(CC(=O)NC(C)c2ccccc2OC)S(=O)(=O)c2ccc(C)cc2)cc1. The molecule has 34 heavy (non-hydrogen) atoms. The summed E-state index contributed by atoms with van der Waals surface area (Å²) in [6, 6.07) is 20.2. The summed E-state index contributed by atoms with van der Waals surface area (Å²) in [5.74, 6) is 0.821. The predicted octanol–water partition coefficient (Wildman–Crippen LogP) is 4.48. The quantitative estimate of drug-likeness (QED) is 0.461. The van der Waals surface area contributed by atoms with Gasteiger partial charge in [-0.05, 0) is 63.2 Å². The summed E-state index contributed by atoms with van der Waals surface area (Å²) in [7, 11) is -2.43. The van der Waals surface area contributed by atoms with Crippen molar-refractivity contribution in [3.8, 4) is 11.5 Å². The van der Waals surface area contributed by atoms with Crippen molar-refractivity contribution in [1.82, 2.24) is 5.32 Å². The van der Waals surface area contributed by atoms with Crippen molar-refractivity contribution in [1.29, 1.82) is 0 Å². The van der Waals surface area contributed by atoms with Gasteiger partial charge < -0.3 is 14.8 Å². The standard InChI is InChI=1S/C26H30N2O5S/c1-5-33-22-14-12-21(13-15-22)28(34(30,31)23-16-10-19(2)11-17-23)18-26(29)27-20(3)24-8-6-7-9-25(24)32-4/h6-17,20H,5,18H2,1-4H3,(H,27,29). The summed E-state index contributed by atoms with van der Waals surface area (Å²) in [5, 5.41) is 2.89. The van der Waals surface area contributed by atoms with E-state index >= 15 is 0 Å². The molecule has 0 radical (unpaired) electrons. The van der Waals surface area contributed by atoms with Crippen molar-refractivity contribution in [2.24, 2.45) is 0 Å². The molecule has 0 aromatic heterocycles. The first-order valence-electron chi connectivity index (χ1n) is 11.0. The Hall–Kier alpha value is -3.52. The second-order valence-corrected chi connectivity index (χ2v) is 9.65. The van der Waals surface area contributed by atoms with Gasteiger partial charge in [0.15, 0.2) is 0 Å². The Morgan fingerprint density at radius 2 is 1.65 bits per heavy atom. The lowest BCUT2D eigenvalue weighted by Gasteiger charge is -2.25. The van der Waals surface area contributed by atoms with Crippen molar-refractivity contribution < 1.29 is 22.7 Å². The number of aryl methyl sites for hydroxylation is 1. The molecular formula is C26H30N2O5S. The molecule has 1 unspecified atom stereocenters. The number of ether oxygens (including phenoxy) is 2. The van der Waals surface area contributed by atoms with Crippen LogP contribution in [-0.2, 0) is 14.8 Å². The van der Waals surface area contributed by atoms with Crippen molar-refractivity contribution >= 4 is 21.6 Å². The molecule has 1 N–H and O–H groups in total. The monoisotopic (exact) mass is 482 g/mol. The zero-order valence-corrected chi connectivity index (χ0v) is 20.6. The highest BCUT2D eigenvalue weighted by molar-refractivity contribution is 7.92. The van der Waals surface area contributed by atoms with Crippen molar-refractivity contribution in [3.63, 3.8) is 0 Å². The fraction of sp³-hybridized carbons (Fsp3) is 0.269. The van der Waals surface area contributed by atoms with E-state index in [2.05, 4.69) is 5.32 Å². The van der Waals surface area contributed by atoms with Crippen LogP contribution in [0.1, 0.15) is 31.0 Å². The van der Waals surface area contributed by atoms with Crippen LogP contribution in [0.25, 0.3) is 0 Å². The summed E-state index contributed by atoms with van der Waals surface area (Å²) in [4.78, 5) is 13.1. The maximum atomic E-state index is 13.5. The molecule has 0 aliphatic heterocycles. The van der Waals surface area contributed by atoms with Gasteiger partial charge in [0.1, 0.15) is 18.0 Å². The summed E-state index contributed by atoms with van der Waals surface area (Å²) in [5.41, 5.74) is 2.10. The summed E-state index contributed by atoms with van der Waals surface area (Å²) < 4.78 is 39.0. The van der Waals surface area contributed by atoms with E-state index in [0.29, 0.717) is 23.8 Å². The van der Waals surface area contributed by atoms with E-state index in [-0.39, 0.29) is 17.5 Å². The van der Waals surface area contributed by atoms with Gasteiger partial charge in [0, 0.05) is 5.56 Å². The largest absolute Gasteiger partial charge is 0.496 e. The van der Waals surface area contributed by atoms with Gasteiger partial charge in [-0.3, -0.25) is 9.10 Å². The molecule has 8 heteroatoms. The number of amides is 1. The van der Waals surface area contributed by atoms with E-state index < -0.39 is 15.9 Å². The molecule has 0 bridgehead atoms. The van der Waals surface area contributed by atoms with Crippen molar-refractivity contribution in [2.45, 2.75) is 31.7 Å². The first kappa shape index (κ1) is 25.1. The molecule has 0 fully saturated rings. The third kappa shape index (κ3) is 5.88. The Labute approximate surface area is 201 Å². The number of sulfonamides is 1. The van der Waals surface area contributed by atoms with Gasteiger partial charge in [-0.1, -0.05) is 35.9 Å². The highest BCUT2D eigenvalue weighted by atomic mass is 32.2. The van der Waals surface area contributed by atoms with E-state index in [4.69, 9.17) is 9.47 Å². The second-order valence-electron chi connectivity index (χ2n) is 7.78. The number of carbonyl (C=O) groups is 1. The first-order valence-corrected chi connectivity index (χ1v) is 12.4. The fourth-order valence-electron chi connectivity index (χ4n) is 3.55. The predicted molar refractivity (Wildman–Crippen MR) is 133 cm³/mol. The first-order chi connectivity index (χ1) is 16.3. The van der Waals surface area contributed by atoms with Crippen LogP contribution in [0.15, 0.2) is 77.7 Å². The lowest BCUT2D eigenvalue weighted by molar-refractivity contribution is -0.120. The molecule has 0 saturated carbocycles. The van der Waals surface area contributed by atoms with Crippen LogP contribution in [0.2, 0.25) is 0 Å². The second kappa shape index (κ2) is 11.1. The maximum absolute atomic E-state index is 13.5. The number of nitrogens with zero attached hydrogens (tertiary/aromatic N) is 1. The number of hydrogen-bond donors (Lipinski definition) is 1. The van der Waals surface area contributed by atoms with Crippen LogP contribution in [0.3, 0.4) is 0 Å². The molecule has 3 aromatic carbocycles. The Kier molecular flexibility index (Phi) is 8.17. The van der Waals surface area contributed by atoms with E-state index in [9.17, 15) is 13.2 Å². The molecule has 0 heterocycles. The number of nitrogens with one attached hydrogen (secondary N) is 1. The zero-order chi connectivity index (χ0) is 24.7. The highest BCUT2D eigenvalue weighted by Gasteiger charge is 2.28. The summed E-state index contributed by atoms with van der Waals surface area (Å²) >= 11 is 0.